The Morgan fingerprint density at radius 1 is 0.878 bits per heavy atom. The van der Waals surface area contributed by atoms with Crippen molar-refractivity contribution in [2.75, 3.05) is 41.3 Å². The largest absolute Gasteiger partial charge is 0.444 e. The van der Waals surface area contributed by atoms with E-state index in [-0.39, 0.29) is 23.1 Å². The van der Waals surface area contributed by atoms with E-state index < -0.39 is 40.2 Å². The molecule has 3 aromatic rings. The Bertz CT molecular complexity index is 1680. The van der Waals surface area contributed by atoms with Gasteiger partial charge >= 0.3 is 6.09 Å². The standard InChI is InChI=1S/C37H43F2N5O5/c1-37(2,3)49-36(46)43-18-8-12-32(43)35(45)40-30-14-13-26(21-33(30)44(47)48)31-11-7-17-42(31)27-22-28(38)34(29(39)23-27)41-19-15-25(16-20-41)24-9-5-4-6-10-24/h4-6,9-10,13-14,21-23,25,31-32H,7-8,11-12,15-20H2,1-3H3,(H,40,45)/t31-,32+/m1/s1. The molecule has 3 aliphatic rings. The number of rotatable bonds is 7. The van der Waals surface area contributed by atoms with Crippen LogP contribution in [0.4, 0.5) is 36.3 Å². The van der Waals surface area contributed by atoms with Gasteiger partial charge in [0.1, 0.15) is 23.0 Å². The quantitative estimate of drug-likeness (QED) is 0.200. The summed E-state index contributed by atoms with van der Waals surface area (Å²) in [6, 6.07) is 16.3. The lowest BCUT2D eigenvalue weighted by Gasteiger charge is -2.35. The Hall–Kier alpha value is -4.74. The van der Waals surface area contributed by atoms with Gasteiger partial charge in [-0.3, -0.25) is 19.8 Å². The first-order valence-corrected chi connectivity index (χ1v) is 17.0. The first kappa shape index (κ1) is 34.1. The van der Waals surface area contributed by atoms with E-state index in [9.17, 15) is 19.7 Å². The smallest absolute Gasteiger partial charge is 0.410 e. The Kier molecular flexibility index (Phi) is 9.76. The van der Waals surface area contributed by atoms with Crippen LogP contribution in [0.5, 0.6) is 0 Å². The van der Waals surface area contributed by atoms with Crippen molar-refractivity contribution in [2.45, 2.75) is 82.9 Å². The molecule has 0 unspecified atom stereocenters. The average Bonchev–Trinajstić information content (AvgIpc) is 3.76. The topological polar surface area (TPSA) is 108 Å². The summed E-state index contributed by atoms with van der Waals surface area (Å²) in [6.07, 6.45) is 3.37. The minimum absolute atomic E-state index is 0.0109. The summed E-state index contributed by atoms with van der Waals surface area (Å²) in [5, 5.41) is 14.9. The summed E-state index contributed by atoms with van der Waals surface area (Å²) in [5.74, 6) is -1.44. The minimum atomic E-state index is -0.817. The highest BCUT2D eigenvalue weighted by Gasteiger charge is 2.38. The van der Waals surface area contributed by atoms with Gasteiger partial charge in [-0.15, -0.1) is 0 Å². The minimum Gasteiger partial charge on any atom is -0.444 e. The van der Waals surface area contributed by atoms with E-state index in [1.54, 1.807) is 31.7 Å². The van der Waals surface area contributed by atoms with Gasteiger partial charge in [0.25, 0.3) is 5.69 Å². The fourth-order valence-electron chi connectivity index (χ4n) is 7.41. The number of nitro benzene ring substituents is 1. The molecule has 3 heterocycles. The highest BCUT2D eigenvalue weighted by atomic mass is 19.1. The fourth-order valence-corrected chi connectivity index (χ4v) is 7.41. The van der Waals surface area contributed by atoms with Gasteiger partial charge < -0.3 is 19.9 Å². The number of likely N-dealkylation sites (tertiary alicyclic amines) is 1. The molecule has 3 aromatic carbocycles. The number of hydrogen-bond donors (Lipinski definition) is 1. The molecule has 3 fully saturated rings. The number of hydrogen-bond acceptors (Lipinski definition) is 7. The van der Waals surface area contributed by atoms with E-state index in [2.05, 4.69) is 17.4 Å². The third-order valence-electron chi connectivity index (χ3n) is 9.71. The summed E-state index contributed by atoms with van der Waals surface area (Å²) in [5.41, 5.74) is 1.18. The molecule has 6 rings (SSSR count). The number of benzene rings is 3. The average molecular weight is 676 g/mol. The first-order valence-electron chi connectivity index (χ1n) is 17.0. The predicted molar refractivity (Wildman–Crippen MR) is 184 cm³/mol. The van der Waals surface area contributed by atoms with Crippen LogP contribution in [0.15, 0.2) is 60.7 Å². The van der Waals surface area contributed by atoms with E-state index in [1.165, 1.54) is 34.7 Å². The number of halogens is 2. The van der Waals surface area contributed by atoms with Gasteiger partial charge in [0.2, 0.25) is 5.91 Å². The summed E-state index contributed by atoms with van der Waals surface area (Å²) >= 11 is 0. The van der Waals surface area contributed by atoms with Crippen molar-refractivity contribution < 1.29 is 28.0 Å². The maximum absolute atomic E-state index is 15.7. The maximum atomic E-state index is 15.7. The summed E-state index contributed by atoms with van der Waals surface area (Å²) in [7, 11) is 0. The van der Waals surface area contributed by atoms with Crippen LogP contribution in [0.3, 0.4) is 0 Å². The van der Waals surface area contributed by atoms with Crippen molar-refractivity contribution in [1.82, 2.24) is 4.90 Å². The second-order valence-corrected chi connectivity index (χ2v) is 14.1. The van der Waals surface area contributed by atoms with E-state index in [0.717, 1.165) is 19.3 Å². The molecule has 0 aliphatic carbocycles. The molecule has 0 saturated carbocycles. The number of amides is 2. The monoisotopic (exact) mass is 675 g/mol. The molecule has 0 spiro atoms. The van der Waals surface area contributed by atoms with Crippen molar-refractivity contribution in [1.29, 1.82) is 0 Å². The highest BCUT2D eigenvalue weighted by Crippen LogP contribution is 2.41. The molecule has 49 heavy (non-hydrogen) atoms. The lowest BCUT2D eigenvalue weighted by atomic mass is 9.89. The SMILES string of the molecule is CC(C)(C)OC(=O)N1CCC[C@H]1C(=O)Nc1ccc([C@H]2CCCN2c2cc(F)c(N3CCC(c4ccccc4)CC3)c(F)c2)cc1[N+](=O)[O-]. The highest BCUT2D eigenvalue weighted by molar-refractivity contribution is 5.98. The predicted octanol–water partition coefficient (Wildman–Crippen LogP) is 7.94. The number of ether oxygens (including phenoxy) is 1. The van der Waals surface area contributed by atoms with Crippen molar-refractivity contribution in [3.63, 3.8) is 0 Å². The van der Waals surface area contributed by atoms with Gasteiger partial charge in [-0.1, -0.05) is 36.4 Å². The van der Waals surface area contributed by atoms with Gasteiger partial charge in [0.05, 0.1) is 11.0 Å². The molecule has 2 atom stereocenters. The first-order chi connectivity index (χ1) is 23.4. The number of piperidine rings is 1. The maximum Gasteiger partial charge on any atom is 0.410 e. The molecule has 1 N–H and O–H groups in total. The van der Waals surface area contributed by atoms with Crippen LogP contribution in [-0.2, 0) is 9.53 Å². The van der Waals surface area contributed by atoms with Crippen LogP contribution in [0.25, 0.3) is 0 Å². The molecule has 3 aliphatic heterocycles. The van der Waals surface area contributed by atoms with Crippen molar-refractivity contribution in [3.8, 4) is 0 Å². The summed E-state index contributed by atoms with van der Waals surface area (Å²) in [6.45, 7) is 7.19. The zero-order valence-electron chi connectivity index (χ0n) is 28.2. The van der Waals surface area contributed by atoms with Gasteiger partial charge in [0.15, 0.2) is 11.6 Å². The Balaban J connectivity index is 1.17. The van der Waals surface area contributed by atoms with E-state index >= 15 is 8.78 Å². The van der Waals surface area contributed by atoms with Crippen LogP contribution in [0, 0.1) is 21.7 Å². The zero-order chi connectivity index (χ0) is 34.9. The lowest BCUT2D eigenvalue weighted by molar-refractivity contribution is -0.384. The summed E-state index contributed by atoms with van der Waals surface area (Å²) < 4.78 is 36.8. The third-order valence-corrected chi connectivity index (χ3v) is 9.71. The van der Waals surface area contributed by atoms with Crippen LogP contribution in [0.1, 0.15) is 82.4 Å². The van der Waals surface area contributed by atoms with E-state index in [0.29, 0.717) is 62.6 Å². The summed E-state index contributed by atoms with van der Waals surface area (Å²) in [4.78, 5) is 42.6. The zero-order valence-corrected chi connectivity index (χ0v) is 28.2. The molecule has 12 heteroatoms. The number of nitro groups is 1. The Labute approximate surface area is 285 Å². The number of nitrogens with one attached hydrogen (secondary N) is 1. The van der Waals surface area contributed by atoms with E-state index in [4.69, 9.17) is 4.74 Å². The van der Waals surface area contributed by atoms with Crippen molar-refractivity contribution in [3.05, 3.63) is 93.5 Å². The molecule has 0 radical (unpaired) electrons. The molecule has 2 amide bonds. The van der Waals surface area contributed by atoms with Crippen LogP contribution in [0.2, 0.25) is 0 Å². The van der Waals surface area contributed by atoms with Crippen molar-refractivity contribution >= 4 is 34.7 Å². The second-order valence-electron chi connectivity index (χ2n) is 14.1. The molecular formula is C37H43F2N5O5. The van der Waals surface area contributed by atoms with Crippen LogP contribution in [-0.4, -0.2) is 59.6 Å². The number of nitrogens with zero attached hydrogens (tertiary/aromatic N) is 4. The Morgan fingerprint density at radius 2 is 1.55 bits per heavy atom. The molecule has 0 bridgehead atoms. The normalized spacial score (nSPS) is 20.1. The molecule has 260 valence electrons. The molecule has 10 nitrogen and oxygen atoms in total. The number of carbonyl (C=O) groups excluding carboxylic acids is 2. The van der Waals surface area contributed by atoms with Gasteiger partial charge in [-0.25, -0.2) is 13.6 Å². The second kappa shape index (κ2) is 14.0. The molecular weight excluding hydrogens is 632 g/mol. The van der Waals surface area contributed by atoms with Gasteiger partial charge in [-0.2, -0.15) is 0 Å². The van der Waals surface area contributed by atoms with Crippen LogP contribution >= 0.6 is 0 Å². The van der Waals surface area contributed by atoms with Crippen LogP contribution < -0.4 is 15.1 Å². The Morgan fingerprint density at radius 3 is 2.20 bits per heavy atom. The fraction of sp³-hybridized carbons (Fsp3) is 0.459. The van der Waals surface area contributed by atoms with Crippen molar-refractivity contribution in [2.24, 2.45) is 0 Å². The van der Waals surface area contributed by atoms with E-state index in [1.807, 2.05) is 23.1 Å². The van der Waals surface area contributed by atoms with Gasteiger partial charge in [0, 0.05) is 37.9 Å². The third kappa shape index (κ3) is 7.47. The molecule has 0 aromatic heterocycles. The number of carbonyl (C=O) groups is 2. The number of anilines is 3. The lowest BCUT2D eigenvalue weighted by Crippen LogP contribution is -2.45. The molecule has 3 saturated heterocycles. The van der Waals surface area contributed by atoms with Gasteiger partial charge in [-0.05, 0) is 94.5 Å².